The lowest BCUT2D eigenvalue weighted by Gasteiger charge is -2.40. The highest BCUT2D eigenvalue weighted by Gasteiger charge is 2.48. The Balaban J connectivity index is 2.01. The van der Waals surface area contributed by atoms with Crippen molar-refractivity contribution in [2.75, 3.05) is 27.4 Å². The van der Waals surface area contributed by atoms with Gasteiger partial charge in [0.1, 0.15) is 18.3 Å². The average Bonchev–Trinajstić information content (AvgIpc) is 2.70. The number of methoxy groups -OCH3 is 2. The molecule has 2 aliphatic rings. The summed E-state index contributed by atoms with van der Waals surface area (Å²) in [4.78, 5) is 11.3. The summed E-state index contributed by atoms with van der Waals surface area (Å²) in [5, 5.41) is 0. The van der Waals surface area contributed by atoms with Crippen molar-refractivity contribution in [3.63, 3.8) is 0 Å². The van der Waals surface area contributed by atoms with Crippen LogP contribution in [0.15, 0.2) is 0 Å². The van der Waals surface area contributed by atoms with Crippen LogP contribution in [0, 0.1) is 0 Å². The van der Waals surface area contributed by atoms with Gasteiger partial charge < -0.3 is 23.7 Å². The zero-order chi connectivity index (χ0) is 12.5. The van der Waals surface area contributed by atoms with Gasteiger partial charge in [0.05, 0.1) is 26.7 Å². The Morgan fingerprint density at radius 2 is 2.18 bits per heavy atom. The van der Waals surface area contributed by atoms with Crippen LogP contribution in [0.3, 0.4) is 0 Å². The first-order valence-corrected chi connectivity index (χ1v) is 5.61. The van der Waals surface area contributed by atoms with Crippen LogP contribution in [-0.2, 0) is 28.5 Å². The predicted molar refractivity (Wildman–Crippen MR) is 56.4 cm³/mol. The summed E-state index contributed by atoms with van der Waals surface area (Å²) in [6.45, 7) is 2.62. The van der Waals surface area contributed by atoms with Crippen molar-refractivity contribution >= 4 is 5.97 Å². The Morgan fingerprint density at radius 3 is 2.82 bits per heavy atom. The van der Waals surface area contributed by atoms with Crippen LogP contribution in [0.4, 0.5) is 0 Å². The second-order valence-corrected chi connectivity index (χ2v) is 4.43. The fraction of sp³-hybridized carbons (Fsp3) is 0.909. The van der Waals surface area contributed by atoms with Crippen molar-refractivity contribution in [1.29, 1.82) is 0 Å². The van der Waals surface area contributed by atoms with Gasteiger partial charge in [-0.1, -0.05) is 0 Å². The zero-order valence-corrected chi connectivity index (χ0v) is 10.3. The fourth-order valence-corrected chi connectivity index (χ4v) is 2.15. The zero-order valence-electron chi connectivity index (χ0n) is 10.3. The molecule has 4 atom stereocenters. The van der Waals surface area contributed by atoms with Gasteiger partial charge in [-0.05, 0) is 6.92 Å². The maximum Gasteiger partial charge on any atom is 0.310 e. The van der Waals surface area contributed by atoms with Gasteiger partial charge in [-0.15, -0.1) is 0 Å². The number of hydrogen-bond donors (Lipinski definition) is 0. The van der Waals surface area contributed by atoms with Crippen molar-refractivity contribution in [3.8, 4) is 0 Å². The Kier molecular flexibility index (Phi) is 3.67. The number of rotatable bonds is 3. The standard InChI is InChI=1S/C11H18O6/c1-11(4-9(12)14-3)16-6-8-10(17-11)7(13-2)5-15-8/h7-8,10H,4-6H2,1-3H3. The topological polar surface area (TPSA) is 63.2 Å². The molecule has 2 fully saturated rings. The third-order valence-electron chi connectivity index (χ3n) is 3.14. The molecular formula is C11H18O6. The van der Waals surface area contributed by atoms with Gasteiger partial charge in [0.2, 0.25) is 0 Å². The van der Waals surface area contributed by atoms with Crippen LogP contribution in [0.1, 0.15) is 13.3 Å². The maximum absolute atomic E-state index is 11.3. The van der Waals surface area contributed by atoms with E-state index in [2.05, 4.69) is 4.74 Å². The van der Waals surface area contributed by atoms with Gasteiger partial charge in [0.15, 0.2) is 5.79 Å². The minimum absolute atomic E-state index is 0.0587. The molecule has 6 heteroatoms. The number of esters is 1. The van der Waals surface area contributed by atoms with E-state index in [1.165, 1.54) is 7.11 Å². The smallest absolute Gasteiger partial charge is 0.310 e. The quantitative estimate of drug-likeness (QED) is 0.658. The molecule has 0 bridgehead atoms. The van der Waals surface area contributed by atoms with Crippen LogP contribution >= 0.6 is 0 Å². The molecule has 98 valence electrons. The monoisotopic (exact) mass is 246 g/mol. The minimum Gasteiger partial charge on any atom is -0.469 e. The van der Waals surface area contributed by atoms with Gasteiger partial charge in [-0.3, -0.25) is 4.79 Å². The van der Waals surface area contributed by atoms with Gasteiger partial charge in [-0.2, -0.15) is 0 Å². The molecule has 0 radical (unpaired) electrons. The third kappa shape index (κ3) is 2.60. The van der Waals surface area contributed by atoms with E-state index in [1.54, 1.807) is 14.0 Å². The summed E-state index contributed by atoms with van der Waals surface area (Å²) in [5.74, 6) is -1.32. The van der Waals surface area contributed by atoms with Crippen molar-refractivity contribution < 1.29 is 28.5 Å². The van der Waals surface area contributed by atoms with Crippen LogP contribution in [0.2, 0.25) is 0 Å². The van der Waals surface area contributed by atoms with E-state index in [1.807, 2.05) is 0 Å². The normalized spacial score (nSPS) is 41.0. The molecular weight excluding hydrogens is 228 g/mol. The van der Waals surface area contributed by atoms with Crippen LogP contribution in [0.5, 0.6) is 0 Å². The molecule has 0 aromatic heterocycles. The second-order valence-electron chi connectivity index (χ2n) is 4.43. The fourth-order valence-electron chi connectivity index (χ4n) is 2.15. The lowest BCUT2D eigenvalue weighted by molar-refractivity contribution is -0.310. The summed E-state index contributed by atoms with van der Waals surface area (Å²) in [7, 11) is 2.96. The summed E-state index contributed by atoms with van der Waals surface area (Å²) < 4.78 is 26.7. The van der Waals surface area contributed by atoms with Gasteiger partial charge in [-0.25, -0.2) is 0 Å². The molecule has 4 unspecified atom stereocenters. The molecule has 2 aliphatic heterocycles. The number of fused-ring (bicyclic) bond motifs is 1. The van der Waals surface area contributed by atoms with Crippen molar-refractivity contribution in [2.45, 2.75) is 37.4 Å². The van der Waals surface area contributed by atoms with Gasteiger partial charge in [0.25, 0.3) is 0 Å². The summed E-state index contributed by atoms with van der Waals surface area (Å²) in [5.41, 5.74) is 0. The molecule has 0 aromatic carbocycles. The first-order chi connectivity index (χ1) is 8.08. The van der Waals surface area contributed by atoms with Crippen LogP contribution in [-0.4, -0.2) is 57.5 Å². The van der Waals surface area contributed by atoms with Crippen LogP contribution in [0.25, 0.3) is 0 Å². The molecule has 0 amide bonds. The third-order valence-corrected chi connectivity index (χ3v) is 3.14. The van der Waals surface area contributed by atoms with Gasteiger partial charge >= 0.3 is 5.97 Å². The molecule has 0 N–H and O–H groups in total. The Labute approximate surface area is 100 Å². The van der Waals surface area contributed by atoms with E-state index in [4.69, 9.17) is 18.9 Å². The molecule has 0 saturated carbocycles. The van der Waals surface area contributed by atoms with Crippen LogP contribution < -0.4 is 0 Å². The highest BCUT2D eigenvalue weighted by atomic mass is 16.7. The highest BCUT2D eigenvalue weighted by molar-refractivity contribution is 5.70. The largest absolute Gasteiger partial charge is 0.469 e. The molecule has 2 saturated heterocycles. The van der Waals surface area contributed by atoms with E-state index >= 15 is 0 Å². The highest BCUT2D eigenvalue weighted by Crippen LogP contribution is 2.33. The first kappa shape index (κ1) is 12.8. The molecule has 0 aliphatic carbocycles. The molecule has 6 nitrogen and oxygen atoms in total. The Morgan fingerprint density at radius 1 is 1.41 bits per heavy atom. The maximum atomic E-state index is 11.3. The Bertz CT molecular complexity index is 288. The van der Waals surface area contributed by atoms with E-state index in [0.29, 0.717) is 13.2 Å². The Hall–Kier alpha value is -0.690. The number of hydrogen-bond acceptors (Lipinski definition) is 6. The summed E-state index contributed by atoms with van der Waals surface area (Å²) in [6.07, 6.45) is -0.363. The molecule has 0 spiro atoms. The number of carbonyl (C=O) groups is 1. The van der Waals surface area contributed by atoms with Crippen molar-refractivity contribution in [3.05, 3.63) is 0 Å². The molecule has 2 heterocycles. The van der Waals surface area contributed by atoms with Gasteiger partial charge in [0, 0.05) is 7.11 Å². The molecule has 0 aromatic rings. The number of ether oxygens (including phenoxy) is 5. The lowest BCUT2D eigenvalue weighted by Crippen LogP contribution is -2.52. The van der Waals surface area contributed by atoms with E-state index in [9.17, 15) is 4.79 Å². The molecule has 2 rings (SSSR count). The second kappa shape index (κ2) is 4.89. The summed E-state index contributed by atoms with van der Waals surface area (Å²) in [6, 6.07) is 0. The van der Waals surface area contributed by atoms with E-state index in [-0.39, 0.29) is 30.7 Å². The van der Waals surface area contributed by atoms with E-state index in [0.717, 1.165) is 0 Å². The van der Waals surface area contributed by atoms with E-state index < -0.39 is 5.79 Å². The number of carbonyl (C=O) groups excluding carboxylic acids is 1. The summed E-state index contributed by atoms with van der Waals surface area (Å²) >= 11 is 0. The molecule has 17 heavy (non-hydrogen) atoms. The van der Waals surface area contributed by atoms with Crippen molar-refractivity contribution in [2.24, 2.45) is 0 Å². The van der Waals surface area contributed by atoms with Crippen molar-refractivity contribution in [1.82, 2.24) is 0 Å². The predicted octanol–water partition coefficient (Wildman–Crippen LogP) is 0.0949. The first-order valence-electron chi connectivity index (χ1n) is 5.61. The SMILES string of the molecule is COC(=O)CC1(C)OCC2OCC(OC)C2O1. The lowest BCUT2D eigenvalue weighted by atomic mass is 10.1. The minimum atomic E-state index is -0.960. The average molecular weight is 246 g/mol.